The van der Waals surface area contributed by atoms with Gasteiger partial charge in [0.2, 0.25) is 5.91 Å². The molecule has 4 rings (SSSR count). The maximum Gasteiger partial charge on any atom is 0.263 e. The van der Waals surface area contributed by atoms with E-state index < -0.39 is 9.84 Å². The van der Waals surface area contributed by atoms with Crippen LogP contribution in [0.15, 0.2) is 58.3 Å². The molecule has 0 aliphatic carbocycles. The van der Waals surface area contributed by atoms with Crippen molar-refractivity contribution in [2.75, 3.05) is 17.3 Å². The average molecular weight is 476 g/mol. The highest BCUT2D eigenvalue weighted by Gasteiger charge is 2.29. The van der Waals surface area contributed by atoms with E-state index in [1.165, 1.54) is 15.9 Å². The molecule has 0 saturated carbocycles. The van der Waals surface area contributed by atoms with E-state index in [1.807, 2.05) is 35.7 Å². The number of nitrogens with one attached hydrogen (secondary N) is 1. The second kappa shape index (κ2) is 8.97. The number of aromatic nitrogens is 2. The summed E-state index contributed by atoms with van der Waals surface area (Å²) in [4.78, 5) is 30.9. The molecule has 1 aliphatic heterocycles. The molecular formula is C21H21N3O4S3. The third kappa shape index (κ3) is 4.76. The van der Waals surface area contributed by atoms with Gasteiger partial charge in [0.05, 0.1) is 22.6 Å². The summed E-state index contributed by atoms with van der Waals surface area (Å²) in [7, 11) is -3.06. The van der Waals surface area contributed by atoms with E-state index in [2.05, 4.69) is 16.9 Å². The van der Waals surface area contributed by atoms with Crippen LogP contribution in [0.25, 0.3) is 21.3 Å². The van der Waals surface area contributed by atoms with E-state index >= 15 is 0 Å². The number of thioether (sulfide) groups is 1. The van der Waals surface area contributed by atoms with Crippen LogP contribution in [0, 0.1) is 0 Å². The molecule has 2 aromatic heterocycles. The molecule has 3 heterocycles. The van der Waals surface area contributed by atoms with Gasteiger partial charge in [0.15, 0.2) is 15.0 Å². The Labute approximate surface area is 188 Å². The van der Waals surface area contributed by atoms with Crippen molar-refractivity contribution in [2.24, 2.45) is 0 Å². The molecule has 0 unspecified atom stereocenters. The third-order valence-corrected chi connectivity index (χ3v) is 8.60. The molecule has 1 aliphatic rings. The van der Waals surface area contributed by atoms with Crippen molar-refractivity contribution in [3.63, 3.8) is 0 Å². The molecule has 1 atom stereocenters. The Kier molecular flexibility index (Phi) is 6.31. The van der Waals surface area contributed by atoms with Gasteiger partial charge in [0.1, 0.15) is 4.83 Å². The van der Waals surface area contributed by atoms with E-state index in [9.17, 15) is 18.0 Å². The number of thiophene rings is 1. The summed E-state index contributed by atoms with van der Waals surface area (Å²) < 4.78 is 24.7. The fourth-order valence-electron chi connectivity index (χ4n) is 3.54. The van der Waals surface area contributed by atoms with Gasteiger partial charge in [-0.2, -0.15) is 0 Å². The number of carbonyl (C=O) groups excluding carboxylic acids is 1. The number of hydrogen-bond acceptors (Lipinski definition) is 7. The molecule has 3 aromatic rings. The van der Waals surface area contributed by atoms with E-state index in [1.54, 1.807) is 6.08 Å². The summed E-state index contributed by atoms with van der Waals surface area (Å²) in [5.74, 6) is -0.151. The van der Waals surface area contributed by atoms with Crippen molar-refractivity contribution >= 4 is 49.1 Å². The van der Waals surface area contributed by atoms with Crippen LogP contribution in [0.2, 0.25) is 0 Å². The van der Waals surface area contributed by atoms with Gasteiger partial charge in [-0.25, -0.2) is 13.4 Å². The lowest BCUT2D eigenvalue weighted by Crippen LogP contribution is -2.36. The Morgan fingerprint density at radius 2 is 2.13 bits per heavy atom. The van der Waals surface area contributed by atoms with Crippen LogP contribution in [-0.2, 0) is 21.2 Å². The number of fused-ring (bicyclic) bond motifs is 1. The number of sulfone groups is 1. The number of nitrogens with zero attached hydrogens (tertiary/aromatic N) is 2. The number of benzene rings is 1. The third-order valence-electron chi connectivity index (χ3n) is 4.99. The topological polar surface area (TPSA) is 98.1 Å². The molecule has 7 nitrogen and oxygen atoms in total. The Morgan fingerprint density at radius 3 is 2.81 bits per heavy atom. The van der Waals surface area contributed by atoms with Crippen molar-refractivity contribution in [3.8, 4) is 11.1 Å². The quantitative estimate of drug-likeness (QED) is 0.321. The van der Waals surface area contributed by atoms with Crippen molar-refractivity contribution in [2.45, 2.75) is 24.2 Å². The van der Waals surface area contributed by atoms with Gasteiger partial charge in [-0.3, -0.25) is 14.2 Å². The summed E-state index contributed by atoms with van der Waals surface area (Å²) in [6.07, 6.45) is 2.05. The highest BCUT2D eigenvalue weighted by atomic mass is 32.2. The fraction of sp³-hybridized carbons (Fsp3) is 0.286. The SMILES string of the molecule is C=CCn1c(SCC(=O)N[C@@H]2CCS(=O)(=O)C2)nc2scc(-c3ccccc3)c2c1=O. The first-order valence-electron chi connectivity index (χ1n) is 9.69. The lowest BCUT2D eigenvalue weighted by atomic mass is 10.1. The monoisotopic (exact) mass is 475 g/mol. The number of allylic oxidation sites excluding steroid dienone is 1. The van der Waals surface area contributed by atoms with Gasteiger partial charge in [-0.15, -0.1) is 17.9 Å². The van der Waals surface area contributed by atoms with Gasteiger partial charge in [-0.05, 0) is 12.0 Å². The van der Waals surface area contributed by atoms with Gasteiger partial charge < -0.3 is 5.32 Å². The van der Waals surface area contributed by atoms with Crippen molar-refractivity contribution in [3.05, 3.63) is 58.7 Å². The molecular weight excluding hydrogens is 454 g/mol. The number of amides is 1. The molecule has 31 heavy (non-hydrogen) atoms. The number of carbonyl (C=O) groups is 1. The lowest BCUT2D eigenvalue weighted by Gasteiger charge is -2.13. The highest BCUT2D eigenvalue weighted by molar-refractivity contribution is 7.99. The number of rotatable bonds is 7. The van der Waals surface area contributed by atoms with Gasteiger partial charge >= 0.3 is 0 Å². The number of hydrogen-bond donors (Lipinski definition) is 1. The zero-order valence-electron chi connectivity index (χ0n) is 16.6. The molecule has 10 heteroatoms. The molecule has 1 saturated heterocycles. The normalized spacial score (nSPS) is 17.6. The van der Waals surface area contributed by atoms with Crippen molar-refractivity contribution < 1.29 is 13.2 Å². The highest BCUT2D eigenvalue weighted by Crippen LogP contribution is 2.32. The van der Waals surface area contributed by atoms with E-state index in [0.29, 0.717) is 21.8 Å². The maximum atomic E-state index is 13.3. The van der Waals surface area contributed by atoms with Crippen LogP contribution in [0.5, 0.6) is 0 Å². The van der Waals surface area contributed by atoms with Gasteiger partial charge in [-0.1, -0.05) is 48.2 Å². The summed E-state index contributed by atoms with van der Waals surface area (Å²) >= 11 is 2.55. The standard InChI is InChI=1S/C21H21N3O4S3/c1-2-9-24-20(26)18-16(14-6-4-3-5-7-14)11-29-19(18)23-21(24)30-12-17(25)22-15-8-10-31(27,28)13-15/h2-7,11,15H,1,8-10,12-13H2,(H,22,25)/t15-/m1/s1. The minimum atomic E-state index is -3.06. The zero-order valence-corrected chi connectivity index (χ0v) is 19.1. The molecule has 1 aromatic carbocycles. The maximum absolute atomic E-state index is 13.3. The van der Waals surface area contributed by atoms with Crippen molar-refractivity contribution in [1.82, 2.24) is 14.9 Å². The summed E-state index contributed by atoms with van der Waals surface area (Å²) in [6, 6.07) is 9.33. The zero-order chi connectivity index (χ0) is 22.0. The van der Waals surface area contributed by atoms with Crippen LogP contribution < -0.4 is 10.9 Å². The molecule has 1 amide bonds. The predicted molar refractivity (Wildman–Crippen MR) is 125 cm³/mol. The Morgan fingerprint density at radius 1 is 1.35 bits per heavy atom. The summed E-state index contributed by atoms with van der Waals surface area (Å²) in [5, 5.41) is 5.68. The van der Waals surface area contributed by atoms with Crippen molar-refractivity contribution in [1.29, 1.82) is 0 Å². The van der Waals surface area contributed by atoms with Crippen LogP contribution in [-0.4, -0.2) is 47.2 Å². The minimum Gasteiger partial charge on any atom is -0.352 e. The minimum absolute atomic E-state index is 0.0216. The Balaban J connectivity index is 1.59. The molecule has 0 spiro atoms. The van der Waals surface area contributed by atoms with Gasteiger partial charge in [0.25, 0.3) is 5.56 Å². The van der Waals surface area contributed by atoms with Crippen LogP contribution in [0.1, 0.15) is 6.42 Å². The first-order chi connectivity index (χ1) is 14.9. The average Bonchev–Trinajstić information content (AvgIpc) is 3.32. The Bertz CT molecular complexity index is 1300. The Hall–Kier alpha value is -2.43. The van der Waals surface area contributed by atoms with Gasteiger partial charge in [0, 0.05) is 23.5 Å². The second-order valence-corrected chi connectivity index (χ2v) is 11.3. The molecule has 1 N–H and O–H groups in total. The summed E-state index contributed by atoms with van der Waals surface area (Å²) in [5.41, 5.74) is 1.62. The first kappa shape index (κ1) is 21.8. The largest absolute Gasteiger partial charge is 0.352 e. The fourth-order valence-corrected chi connectivity index (χ4v) is 7.03. The van der Waals surface area contributed by atoms with E-state index in [-0.39, 0.29) is 41.3 Å². The first-order valence-corrected chi connectivity index (χ1v) is 13.4. The molecule has 0 radical (unpaired) electrons. The van der Waals surface area contributed by atoms with Crippen LogP contribution in [0.4, 0.5) is 0 Å². The van der Waals surface area contributed by atoms with E-state index in [4.69, 9.17) is 0 Å². The van der Waals surface area contributed by atoms with Crippen LogP contribution in [0.3, 0.4) is 0 Å². The van der Waals surface area contributed by atoms with E-state index in [0.717, 1.165) is 22.9 Å². The van der Waals surface area contributed by atoms with Crippen LogP contribution >= 0.6 is 23.1 Å². The predicted octanol–water partition coefficient (Wildman–Crippen LogP) is 2.71. The molecule has 162 valence electrons. The molecule has 0 bridgehead atoms. The smallest absolute Gasteiger partial charge is 0.263 e. The lowest BCUT2D eigenvalue weighted by molar-refractivity contribution is -0.119. The summed E-state index contributed by atoms with van der Waals surface area (Å²) in [6.45, 7) is 4.01. The molecule has 1 fully saturated rings. The second-order valence-electron chi connectivity index (χ2n) is 7.25.